The predicted octanol–water partition coefficient (Wildman–Crippen LogP) is 1.54. The maximum atomic E-state index is 13.4. The lowest BCUT2D eigenvalue weighted by Crippen LogP contribution is -2.23. The van der Waals surface area contributed by atoms with Crippen LogP contribution in [-0.4, -0.2) is 29.1 Å². The van der Waals surface area contributed by atoms with Crippen molar-refractivity contribution < 1.29 is 4.39 Å². The van der Waals surface area contributed by atoms with Gasteiger partial charge < -0.3 is 10.6 Å². The van der Waals surface area contributed by atoms with Crippen molar-refractivity contribution in [3.8, 4) is 0 Å². The van der Waals surface area contributed by atoms with Gasteiger partial charge >= 0.3 is 0 Å². The molecule has 4 nitrogen and oxygen atoms in total. The average molecular weight is 232 g/mol. The SMILES string of the molecule is Fc1cccc2nc(N[C@@H]3CCNC3)ncc12. The third-order valence-corrected chi connectivity index (χ3v) is 2.97. The Morgan fingerprint density at radius 3 is 3.18 bits per heavy atom. The van der Waals surface area contributed by atoms with E-state index in [-0.39, 0.29) is 5.82 Å². The monoisotopic (exact) mass is 232 g/mol. The molecular weight excluding hydrogens is 219 g/mol. The average Bonchev–Trinajstić information content (AvgIpc) is 2.82. The topological polar surface area (TPSA) is 49.8 Å². The van der Waals surface area contributed by atoms with Crippen molar-refractivity contribution in [2.75, 3.05) is 18.4 Å². The summed E-state index contributed by atoms with van der Waals surface area (Å²) in [5.41, 5.74) is 0.633. The second-order valence-corrected chi connectivity index (χ2v) is 4.20. The van der Waals surface area contributed by atoms with Crippen molar-refractivity contribution in [1.82, 2.24) is 15.3 Å². The number of rotatable bonds is 2. The van der Waals surface area contributed by atoms with Crippen LogP contribution in [-0.2, 0) is 0 Å². The van der Waals surface area contributed by atoms with Gasteiger partial charge in [0, 0.05) is 18.8 Å². The number of fused-ring (bicyclic) bond motifs is 1. The molecule has 0 saturated carbocycles. The Bertz CT molecular complexity index is 537. The van der Waals surface area contributed by atoms with Crippen LogP contribution < -0.4 is 10.6 Å². The molecule has 0 bridgehead atoms. The molecule has 88 valence electrons. The lowest BCUT2D eigenvalue weighted by Gasteiger charge is -2.11. The van der Waals surface area contributed by atoms with Crippen molar-refractivity contribution in [3.63, 3.8) is 0 Å². The highest BCUT2D eigenvalue weighted by Gasteiger charge is 2.15. The number of hydrogen-bond donors (Lipinski definition) is 2. The number of halogens is 1. The van der Waals surface area contributed by atoms with Crippen LogP contribution in [0.4, 0.5) is 10.3 Å². The fourth-order valence-corrected chi connectivity index (χ4v) is 2.05. The highest BCUT2D eigenvalue weighted by Crippen LogP contribution is 2.16. The molecule has 0 amide bonds. The molecular formula is C12H13FN4. The van der Waals surface area contributed by atoms with Crippen molar-refractivity contribution in [3.05, 3.63) is 30.2 Å². The molecule has 2 aromatic rings. The van der Waals surface area contributed by atoms with Crippen molar-refractivity contribution >= 4 is 16.9 Å². The summed E-state index contributed by atoms with van der Waals surface area (Å²) in [7, 11) is 0. The molecule has 1 fully saturated rings. The first-order chi connectivity index (χ1) is 8.33. The van der Waals surface area contributed by atoms with Gasteiger partial charge in [-0.15, -0.1) is 0 Å². The molecule has 0 aliphatic carbocycles. The summed E-state index contributed by atoms with van der Waals surface area (Å²) in [6.07, 6.45) is 2.59. The van der Waals surface area contributed by atoms with E-state index in [1.165, 1.54) is 12.3 Å². The summed E-state index contributed by atoms with van der Waals surface area (Å²) in [6, 6.07) is 5.23. The Balaban J connectivity index is 1.90. The van der Waals surface area contributed by atoms with E-state index in [1.807, 2.05) is 0 Å². The highest BCUT2D eigenvalue weighted by atomic mass is 19.1. The molecule has 1 aliphatic rings. The third kappa shape index (κ3) is 2.06. The van der Waals surface area contributed by atoms with Crippen molar-refractivity contribution in [2.24, 2.45) is 0 Å². The molecule has 2 heterocycles. The molecule has 5 heteroatoms. The van der Waals surface area contributed by atoms with Gasteiger partial charge in [-0.05, 0) is 25.1 Å². The molecule has 1 aromatic heterocycles. The molecule has 2 N–H and O–H groups in total. The van der Waals surface area contributed by atoms with E-state index in [4.69, 9.17) is 0 Å². The van der Waals surface area contributed by atoms with Crippen LogP contribution in [0.5, 0.6) is 0 Å². The van der Waals surface area contributed by atoms with E-state index in [2.05, 4.69) is 20.6 Å². The smallest absolute Gasteiger partial charge is 0.223 e. The summed E-state index contributed by atoms with van der Waals surface area (Å²) in [4.78, 5) is 8.45. The van der Waals surface area contributed by atoms with Crippen LogP contribution in [0.2, 0.25) is 0 Å². The number of benzene rings is 1. The van der Waals surface area contributed by atoms with E-state index in [9.17, 15) is 4.39 Å². The maximum absolute atomic E-state index is 13.4. The van der Waals surface area contributed by atoms with Crippen LogP contribution in [0.1, 0.15) is 6.42 Å². The summed E-state index contributed by atoms with van der Waals surface area (Å²) < 4.78 is 13.4. The lowest BCUT2D eigenvalue weighted by molar-refractivity contribution is 0.639. The van der Waals surface area contributed by atoms with Crippen molar-refractivity contribution in [1.29, 1.82) is 0 Å². The molecule has 0 unspecified atom stereocenters. The Kier molecular flexibility index (Phi) is 2.60. The van der Waals surface area contributed by atoms with E-state index < -0.39 is 0 Å². The zero-order chi connectivity index (χ0) is 11.7. The third-order valence-electron chi connectivity index (χ3n) is 2.97. The van der Waals surface area contributed by atoms with Gasteiger partial charge in [-0.3, -0.25) is 0 Å². The first kappa shape index (κ1) is 10.4. The van der Waals surface area contributed by atoms with Crippen LogP contribution in [0.3, 0.4) is 0 Å². The summed E-state index contributed by atoms with van der Waals surface area (Å²) in [5, 5.41) is 6.97. The van der Waals surface area contributed by atoms with Crippen LogP contribution in [0, 0.1) is 5.82 Å². The quantitative estimate of drug-likeness (QED) is 0.824. The van der Waals surface area contributed by atoms with E-state index in [0.29, 0.717) is 22.9 Å². The number of hydrogen-bond acceptors (Lipinski definition) is 4. The fraction of sp³-hybridized carbons (Fsp3) is 0.333. The highest BCUT2D eigenvalue weighted by molar-refractivity contribution is 5.79. The first-order valence-corrected chi connectivity index (χ1v) is 5.71. The zero-order valence-corrected chi connectivity index (χ0v) is 9.28. The number of aromatic nitrogens is 2. The van der Waals surface area contributed by atoms with E-state index in [1.54, 1.807) is 12.1 Å². The largest absolute Gasteiger partial charge is 0.350 e. The molecule has 0 spiro atoms. The minimum atomic E-state index is -0.281. The van der Waals surface area contributed by atoms with E-state index >= 15 is 0 Å². The van der Waals surface area contributed by atoms with Gasteiger partial charge in [-0.1, -0.05) is 6.07 Å². The Morgan fingerprint density at radius 2 is 2.35 bits per heavy atom. The minimum absolute atomic E-state index is 0.281. The Hall–Kier alpha value is -1.75. The molecule has 17 heavy (non-hydrogen) atoms. The van der Waals surface area contributed by atoms with Crippen LogP contribution in [0.15, 0.2) is 24.4 Å². The number of nitrogens with zero attached hydrogens (tertiary/aromatic N) is 2. The van der Waals surface area contributed by atoms with Crippen LogP contribution >= 0.6 is 0 Å². The molecule has 1 saturated heterocycles. The van der Waals surface area contributed by atoms with Gasteiger partial charge in [0.25, 0.3) is 0 Å². The predicted molar refractivity (Wildman–Crippen MR) is 64.4 cm³/mol. The second-order valence-electron chi connectivity index (χ2n) is 4.20. The molecule has 3 rings (SSSR count). The fourth-order valence-electron chi connectivity index (χ4n) is 2.05. The van der Waals surface area contributed by atoms with Gasteiger partial charge in [0.05, 0.1) is 10.9 Å². The minimum Gasteiger partial charge on any atom is -0.350 e. The zero-order valence-electron chi connectivity index (χ0n) is 9.28. The Labute approximate surface area is 98.3 Å². The maximum Gasteiger partial charge on any atom is 0.223 e. The standard InChI is InChI=1S/C12H13FN4/c13-10-2-1-3-11-9(10)7-15-12(17-11)16-8-4-5-14-6-8/h1-3,7-8,14H,4-6H2,(H,15,16,17)/t8-/m1/s1. The molecule has 0 radical (unpaired) electrons. The van der Waals surface area contributed by atoms with Gasteiger partial charge in [0.1, 0.15) is 5.82 Å². The van der Waals surface area contributed by atoms with Gasteiger partial charge in [0.15, 0.2) is 0 Å². The van der Waals surface area contributed by atoms with E-state index in [0.717, 1.165) is 19.5 Å². The van der Waals surface area contributed by atoms with Gasteiger partial charge in [-0.2, -0.15) is 0 Å². The second kappa shape index (κ2) is 4.25. The summed E-state index contributed by atoms with van der Waals surface area (Å²) >= 11 is 0. The van der Waals surface area contributed by atoms with Crippen molar-refractivity contribution in [2.45, 2.75) is 12.5 Å². The molecule has 1 aliphatic heterocycles. The van der Waals surface area contributed by atoms with Gasteiger partial charge in [0.2, 0.25) is 5.95 Å². The summed E-state index contributed by atoms with van der Waals surface area (Å²) in [5.74, 6) is 0.286. The Morgan fingerprint density at radius 1 is 1.41 bits per heavy atom. The molecule has 1 atom stereocenters. The number of nitrogens with one attached hydrogen (secondary N) is 2. The summed E-state index contributed by atoms with van der Waals surface area (Å²) in [6.45, 7) is 1.93. The number of anilines is 1. The lowest BCUT2D eigenvalue weighted by atomic mass is 10.2. The normalized spacial score (nSPS) is 19.7. The first-order valence-electron chi connectivity index (χ1n) is 5.71. The van der Waals surface area contributed by atoms with Gasteiger partial charge in [-0.25, -0.2) is 14.4 Å². The molecule has 1 aromatic carbocycles. The van der Waals surface area contributed by atoms with Crippen LogP contribution in [0.25, 0.3) is 10.9 Å².